The van der Waals surface area contributed by atoms with Crippen LogP contribution in [0.2, 0.25) is 0 Å². The fourth-order valence-corrected chi connectivity index (χ4v) is 1.85. The Labute approximate surface area is 115 Å². The third kappa shape index (κ3) is 4.24. The molecule has 1 aromatic rings. The van der Waals surface area contributed by atoms with Gasteiger partial charge >= 0.3 is 0 Å². The number of amides is 1. The molecule has 0 heterocycles. The molecule has 1 aromatic carbocycles. The summed E-state index contributed by atoms with van der Waals surface area (Å²) in [5.41, 5.74) is 1.27. The Hall–Kier alpha value is -1.55. The molecule has 0 aliphatic heterocycles. The summed E-state index contributed by atoms with van der Waals surface area (Å²) in [5, 5.41) is 12.1. The lowest BCUT2D eigenvalue weighted by atomic mass is 9.94. The smallest absolute Gasteiger partial charge is 0.251 e. The van der Waals surface area contributed by atoms with E-state index in [9.17, 15) is 4.79 Å². The molecule has 1 amide bonds. The van der Waals surface area contributed by atoms with E-state index in [0.29, 0.717) is 12.0 Å². The van der Waals surface area contributed by atoms with E-state index in [1.54, 1.807) is 6.07 Å². The monoisotopic (exact) mass is 264 g/mol. The number of rotatable bonds is 6. The average Bonchev–Trinajstić information content (AvgIpc) is 2.39. The third-order valence-electron chi connectivity index (χ3n) is 3.48. The molecule has 0 fully saturated rings. The molecule has 1 atom stereocenters. The molecule has 0 aliphatic carbocycles. The molecule has 0 saturated carbocycles. The van der Waals surface area contributed by atoms with Crippen LogP contribution in [0.3, 0.4) is 0 Å². The number of anilines is 1. The normalized spacial score (nSPS) is 13.7. The van der Waals surface area contributed by atoms with Gasteiger partial charge in [-0.2, -0.15) is 0 Å². The Morgan fingerprint density at radius 2 is 2.11 bits per heavy atom. The van der Waals surface area contributed by atoms with Gasteiger partial charge in [0.1, 0.15) is 0 Å². The zero-order valence-corrected chi connectivity index (χ0v) is 12.2. The van der Waals surface area contributed by atoms with Crippen molar-refractivity contribution in [3.63, 3.8) is 0 Å². The Bertz CT molecular complexity index is 432. The first-order chi connectivity index (χ1) is 8.91. The lowest BCUT2D eigenvalue weighted by Crippen LogP contribution is -2.46. The third-order valence-corrected chi connectivity index (χ3v) is 3.48. The van der Waals surface area contributed by atoms with E-state index in [1.807, 2.05) is 51.0 Å². The predicted octanol–water partition coefficient (Wildman–Crippen LogP) is 2.03. The molecule has 1 unspecified atom stereocenters. The highest BCUT2D eigenvalue weighted by Crippen LogP contribution is 2.17. The standard InChI is InChI=1S/C15H24N2O2/c1-5-15(2,9-10-18)16-14(19)12-7-6-8-13(11-12)17(3)4/h6-8,11,18H,5,9-10H2,1-4H3,(H,16,19). The second-order valence-electron chi connectivity index (χ2n) is 5.29. The SMILES string of the molecule is CCC(C)(CCO)NC(=O)c1cccc(N(C)C)c1. The van der Waals surface area contributed by atoms with Gasteiger partial charge < -0.3 is 15.3 Å². The minimum absolute atomic E-state index is 0.0718. The summed E-state index contributed by atoms with van der Waals surface area (Å²) in [6.07, 6.45) is 1.34. The molecule has 0 bridgehead atoms. The van der Waals surface area contributed by atoms with Gasteiger partial charge in [0.2, 0.25) is 0 Å². The van der Waals surface area contributed by atoms with Crippen LogP contribution in [0.5, 0.6) is 0 Å². The summed E-state index contributed by atoms with van der Waals surface area (Å²) in [6.45, 7) is 4.03. The van der Waals surface area contributed by atoms with Crippen LogP contribution >= 0.6 is 0 Å². The van der Waals surface area contributed by atoms with Crippen LogP contribution in [0.4, 0.5) is 5.69 Å². The Balaban J connectivity index is 2.85. The average molecular weight is 264 g/mol. The first kappa shape index (κ1) is 15.5. The van der Waals surface area contributed by atoms with Gasteiger partial charge in [0.05, 0.1) is 0 Å². The number of nitrogens with one attached hydrogen (secondary N) is 1. The summed E-state index contributed by atoms with van der Waals surface area (Å²) in [7, 11) is 3.89. The maximum atomic E-state index is 12.3. The highest BCUT2D eigenvalue weighted by Gasteiger charge is 2.24. The van der Waals surface area contributed by atoms with E-state index in [4.69, 9.17) is 5.11 Å². The van der Waals surface area contributed by atoms with Gasteiger partial charge in [-0.15, -0.1) is 0 Å². The predicted molar refractivity (Wildman–Crippen MR) is 78.6 cm³/mol. The number of hydrogen-bond acceptors (Lipinski definition) is 3. The summed E-state index contributed by atoms with van der Waals surface area (Å²) in [6, 6.07) is 7.50. The first-order valence-electron chi connectivity index (χ1n) is 6.62. The number of aliphatic hydroxyl groups is 1. The lowest BCUT2D eigenvalue weighted by Gasteiger charge is -2.29. The molecule has 0 saturated heterocycles. The van der Waals surface area contributed by atoms with E-state index in [1.165, 1.54) is 0 Å². The lowest BCUT2D eigenvalue weighted by molar-refractivity contribution is 0.0886. The fourth-order valence-electron chi connectivity index (χ4n) is 1.85. The highest BCUT2D eigenvalue weighted by molar-refractivity contribution is 5.95. The number of carbonyl (C=O) groups is 1. The van der Waals surface area contributed by atoms with Crippen molar-refractivity contribution >= 4 is 11.6 Å². The van der Waals surface area contributed by atoms with E-state index in [0.717, 1.165) is 12.1 Å². The maximum absolute atomic E-state index is 12.3. The zero-order chi connectivity index (χ0) is 14.5. The van der Waals surface area contributed by atoms with Crippen molar-refractivity contribution in [1.82, 2.24) is 5.32 Å². The molecule has 19 heavy (non-hydrogen) atoms. The van der Waals surface area contributed by atoms with Gasteiger partial charge in [0.15, 0.2) is 0 Å². The van der Waals surface area contributed by atoms with E-state index in [2.05, 4.69) is 5.32 Å². The minimum Gasteiger partial charge on any atom is -0.396 e. The molecule has 0 aromatic heterocycles. The number of carbonyl (C=O) groups excluding carboxylic acids is 1. The van der Waals surface area contributed by atoms with Crippen LogP contribution in [0.25, 0.3) is 0 Å². The Morgan fingerprint density at radius 3 is 2.63 bits per heavy atom. The zero-order valence-electron chi connectivity index (χ0n) is 12.2. The second kappa shape index (κ2) is 6.57. The van der Waals surface area contributed by atoms with Crippen molar-refractivity contribution in [3.8, 4) is 0 Å². The topological polar surface area (TPSA) is 52.6 Å². The van der Waals surface area contributed by atoms with Crippen molar-refractivity contribution in [2.45, 2.75) is 32.2 Å². The van der Waals surface area contributed by atoms with Crippen molar-refractivity contribution in [3.05, 3.63) is 29.8 Å². The minimum atomic E-state index is -0.361. The maximum Gasteiger partial charge on any atom is 0.251 e. The highest BCUT2D eigenvalue weighted by atomic mass is 16.3. The van der Waals surface area contributed by atoms with Crippen molar-refractivity contribution < 1.29 is 9.90 Å². The summed E-state index contributed by atoms with van der Waals surface area (Å²) >= 11 is 0. The van der Waals surface area contributed by atoms with Crippen LogP contribution in [0.1, 0.15) is 37.0 Å². The molecule has 0 spiro atoms. The molecule has 4 nitrogen and oxygen atoms in total. The summed E-state index contributed by atoms with van der Waals surface area (Å²) in [5.74, 6) is -0.0958. The molecule has 1 rings (SSSR count). The molecule has 106 valence electrons. The molecule has 0 aliphatic rings. The van der Waals surface area contributed by atoms with Crippen LogP contribution in [0.15, 0.2) is 24.3 Å². The van der Waals surface area contributed by atoms with Gasteiger partial charge in [-0.25, -0.2) is 0 Å². The van der Waals surface area contributed by atoms with Crippen LogP contribution in [-0.4, -0.2) is 37.3 Å². The van der Waals surface area contributed by atoms with Crippen molar-refractivity contribution in [1.29, 1.82) is 0 Å². The molecule has 2 N–H and O–H groups in total. The van der Waals surface area contributed by atoms with Gasteiger partial charge in [0, 0.05) is 37.5 Å². The number of nitrogens with zero attached hydrogens (tertiary/aromatic N) is 1. The van der Waals surface area contributed by atoms with Crippen LogP contribution < -0.4 is 10.2 Å². The second-order valence-corrected chi connectivity index (χ2v) is 5.29. The largest absolute Gasteiger partial charge is 0.396 e. The van der Waals surface area contributed by atoms with Crippen molar-refractivity contribution in [2.75, 3.05) is 25.6 Å². The Kier molecular flexibility index (Phi) is 5.36. The number of aliphatic hydroxyl groups excluding tert-OH is 1. The molecule has 4 heteroatoms. The molecular weight excluding hydrogens is 240 g/mol. The number of hydrogen-bond donors (Lipinski definition) is 2. The van der Waals surface area contributed by atoms with E-state index < -0.39 is 0 Å². The molecular formula is C15H24N2O2. The molecule has 0 radical (unpaired) electrons. The first-order valence-corrected chi connectivity index (χ1v) is 6.62. The summed E-state index contributed by atoms with van der Waals surface area (Å²) in [4.78, 5) is 14.2. The van der Waals surface area contributed by atoms with Gasteiger partial charge in [-0.1, -0.05) is 13.0 Å². The van der Waals surface area contributed by atoms with Crippen LogP contribution in [-0.2, 0) is 0 Å². The van der Waals surface area contributed by atoms with Gasteiger partial charge in [-0.3, -0.25) is 4.79 Å². The van der Waals surface area contributed by atoms with Crippen LogP contribution in [0, 0.1) is 0 Å². The van der Waals surface area contributed by atoms with Gasteiger partial charge in [0.25, 0.3) is 5.91 Å². The quantitative estimate of drug-likeness (QED) is 0.826. The Morgan fingerprint density at radius 1 is 1.42 bits per heavy atom. The van der Waals surface area contributed by atoms with E-state index >= 15 is 0 Å². The summed E-state index contributed by atoms with van der Waals surface area (Å²) < 4.78 is 0. The van der Waals surface area contributed by atoms with E-state index in [-0.39, 0.29) is 18.1 Å². The van der Waals surface area contributed by atoms with Gasteiger partial charge in [-0.05, 0) is 38.0 Å². The number of benzene rings is 1. The van der Waals surface area contributed by atoms with Crippen molar-refractivity contribution in [2.24, 2.45) is 0 Å². The fraction of sp³-hybridized carbons (Fsp3) is 0.533.